The van der Waals surface area contributed by atoms with Gasteiger partial charge < -0.3 is 0 Å². The molecule has 0 fully saturated rings. The summed E-state index contributed by atoms with van der Waals surface area (Å²) in [5.41, 5.74) is 4.33. The number of alkyl halides is 3. The molecule has 12 heteroatoms. The van der Waals surface area contributed by atoms with Crippen LogP contribution in [-0.4, -0.2) is 25.6 Å². The van der Waals surface area contributed by atoms with Crippen molar-refractivity contribution in [2.45, 2.75) is 32.9 Å². The van der Waals surface area contributed by atoms with E-state index in [0.29, 0.717) is 34.6 Å². The van der Waals surface area contributed by atoms with Crippen molar-refractivity contribution >= 4 is 28.3 Å². The van der Waals surface area contributed by atoms with Crippen LogP contribution in [0.25, 0.3) is 11.0 Å². The minimum absolute atomic E-state index is 0.00937. The highest BCUT2D eigenvalue weighted by Gasteiger charge is 2.33. The smallest absolute Gasteiger partial charge is 0.292 e. The van der Waals surface area contributed by atoms with Crippen molar-refractivity contribution in [3.8, 4) is 0 Å². The Balaban J connectivity index is 1.96. The number of carbonyl (C=O) groups excluding carboxylic acids is 1. The van der Waals surface area contributed by atoms with E-state index in [4.69, 9.17) is 0 Å². The number of hydrazine groups is 1. The van der Waals surface area contributed by atoms with Gasteiger partial charge in [0.1, 0.15) is 5.69 Å². The first kappa shape index (κ1) is 22.0. The van der Waals surface area contributed by atoms with Gasteiger partial charge in [0.05, 0.1) is 27.1 Å². The van der Waals surface area contributed by atoms with Gasteiger partial charge >= 0.3 is 6.18 Å². The predicted molar refractivity (Wildman–Crippen MR) is 107 cm³/mol. The molecule has 0 aliphatic rings. The lowest BCUT2D eigenvalue weighted by Crippen LogP contribution is -2.30. The lowest BCUT2D eigenvalue weighted by atomic mass is 10.0. The number of pyridine rings is 1. The van der Waals surface area contributed by atoms with Crippen LogP contribution >= 0.6 is 0 Å². The van der Waals surface area contributed by atoms with Crippen LogP contribution in [0, 0.1) is 17.0 Å². The molecule has 31 heavy (non-hydrogen) atoms. The number of aromatic nitrogens is 3. The second-order valence-electron chi connectivity index (χ2n) is 7.22. The van der Waals surface area contributed by atoms with Crippen molar-refractivity contribution in [2.75, 3.05) is 5.43 Å². The number of nitro groups is 1. The molecule has 0 atom stereocenters. The summed E-state index contributed by atoms with van der Waals surface area (Å²) in [4.78, 5) is 27.7. The molecular formula is C19H19F3N6O3. The summed E-state index contributed by atoms with van der Waals surface area (Å²) in [6, 6.07) is 3.58. The second kappa shape index (κ2) is 7.85. The topological polar surface area (TPSA) is 115 Å². The summed E-state index contributed by atoms with van der Waals surface area (Å²) in [7, 11) is 1.69. The molecule has 0 saturated heterocycles. The average molecular weight is 436 g/mol. The number of halogens is 3. The van der Waals surface area contributed by atoms with Crippen molar-refractivity contribution in [3.63, 3.8) is 0 Å². The number of anilines is 1. The van der Waals surface area contributed by atoms with Gasteiger partial charge in [-0.15, -0.1) is 0 Å². The maximum Gasteiger partial charge on any atom is 0.416 e. The number of amides is 1. The molecule has 2 aromatic heterocycles. The molecule has 0 unspecified atom stereocenters. The van der Waals surface area contributed by atoms with Crippen LogP contribution in [-0.2, 0) is 13.2 Å². The SMILES string of the molecule is Cc1nn(C)c2nc(C(C)C)cc(C(=O)NNc3ccc(C(F)(F)F)cc3[N+](=O)[O-])c12. The Hall–Kier alpha value is -3.70. The Labute approximate surface area is 174 Å². The van der Waals surface area contributed by atoms with E-state index in [1.54, 1.807) is 24.7 Å². The highest BCUT2D eigenvalue weighted by molar-refractivity contribution is 6.07. The third-order valence-corrected chi connectivity index (χ3v) is 4.66. The monoisotopic (exact) mass is 436 g/mol. The minimum atomic E-state index is -4.74. The van der Waals surface area contributed by atoms with Gasteiger partial charge in [0.25, 0.3) is 11.6 Å². The zero-order valence-electron chi connectivity index (χ0n) is 17.0. The zero-order chi connectivity index (χ0) is 23.1. The number of nitrogens with one attached hydrogen (secondary N) is 2. The first-order chi connectivity index (χ1) is 14.4. The van der Waals surface area contributed by atoms with E-state index in [2.05, 4.69) is 20.9 Å². The van der Waals surface area contributed by atoms with Crippen LogP contribution in [0.15, 0.2) is 24.3 Å². The summed E-state index contributed by atoms with van der Waals surface area (Å²) in [5, 5.41) is 16.0. The molecule has 0 spiro atoms. The fourth-order valence-corrected chi connectivity index (χ4v) is 3.10. The molecule has 3 aromatic rings. The van der Waals surface area contributed by atoms with Crippen molar-refractivity contribution in [3.05, 3.63) is 56.9 Å². The van der Waals surface area contributed by atoms with E-state index >= 15 is 0 Å². The van der Waals surface area contributed by atoms with Crippen molar-refractivity contribution in [2.24, 2.45) is 7.05 Å². The lowest BCUT2D eigenvalue weighted by Gasteiger charge is -2.13. The number of carbonyl (C=O) groups is 1. The molecule has 2 N–H and O–H groups in total. The van der Waals surface area contributed by atoms with Crippen molar-refractivity contribution < 1.29 is 22.9 Å². The quantitative estimate of drug-likeness (QED) is 0.460. The van der Waals surface area contributed by atoms with Crippen LogP contribution in [0.1, 0.15) is 47.1 Å². The van der Waals surface area contributed by atoms with Crippen LogP contribution in [0.4, 0.5) is 24.5 Å². The van der Waals surface area contributed by atoms with Gasteiger partial charge in [-0.05, 0) is 31.0 Å². The summed E-state index contributed by atoms with van der Waals surface area (Å²) in [5.74, 6) is -0.630. The number of aryl methyl sites for hydroxylation is 2. The first-order valence-corrected chi connectivity index (χ1v) is 9.16. The molecule has 0 aliphatic carbocycles. The number of nitro benzene ring substituents is 1. The molecule has 164 valence electrons. The average Bonchev–Trinajstić information content (AvgIpc) is 2.98. The minimum Gasteiger partial charge on any atom is -0.292 e. The Bertz CT molecular complexity index is 1190. The molecule has 2 heterocycles. The van der Waals surface area contributed by atoms with Gasteiger partial charge in [-0.25, -0.2) is 4.98 Å². The number of benzene rings is 1. The maximum absolute atomic E-state index is 12.9. The third-order valence-electron chi connectivity index (χ3n) is 4.66. The first-order valence-electron chi connectivity index (χ1n) is 9.16. The van der Waals surface area contributed by atoms with E-state index in [9.17, 15) is 28.1 Å². The van der Waals surface area contributed by atoms with E-state index in [1.165, 1.54) is 0 Å². The Morgan fingerprint density at radius 1 is 1.26 bits per heavy atom. The molecule has 0 bridgehead atoms. The Morgan fingerprint density at radius 3 is 2.52 bits per heavy atom. The standard InChI is InChI=1S/C19H19F3N6O3/c1-9(2)14-8-12(16-10(3)26-27(4)17(16)23-14)18(29)25-24-13-6-5-11(19(20,21)22)7-15(13)28(30)31/h5-9,24H,1-4H3,(H,25,29). The highest BCUT2D eigenvalue weighted by atomic mass is 19.4. The molecule has 1 amide bonds. The van der Waals surface area contributed by atoms with Crippen LogP contribution in [0.3, 0.4) is 0 Å². The maximum atomic E-state index is 12.9. The molecule has 9 nitrogen and oxygen atoms in total. The zero-order valence-corrected chi connectivity index (χ0v) is 17.0. The van der Waals surface area contributed by atoms with E-state index in [-0.39, 0.29) is 17.2 Å². The van der Waals surface area contributed by atoms with Gasteiger partial charge in [-0.1, -0.05) is 13.8 Å². The number of nitrogens with zero attached hydrogens (tertiary/aromatic N) is 4. The number of hydrogen-bond acceptors (Lipinski definition) is 6. The second-order valence-corrected chi connectivity index (χ2v) is 7.22. The third kappa shape index (κ3) is 4.27. The van der Waals surface area contributed by atoms with Gasteiger partial charge in [-0.3, -0.25) is 30.4 Å². The largest absolute Gasteiger partial charge is 0.416 e. The predicted octanol–water partition coefficient (Wildman–Crippen LogP) is 4.08. The molecule has 0 saturated carbocycles. The van der Waals surface area contributed by atoms with Crippen LogP contribution < -0.4 is 10.9 Å². The van der Waals surface area contributed by atoms with Gasteiger partial charge in [0.2, 0.25) is 0 Å². The van der Waals surface area contributed by atoms with Gasteiger partial charge in [-0.2, -0.15) is 18.3 Å². The summed E-state index contributed by atoms with van der Waals surface area (Å²) < 4.78 is 40.1. The molecule has 0 aliphatic heterocycles. The van der Waals surface area contributed by atoms with Gasteiger partial charge in [0.15, 0.2) is 5.65 Å². The Kier molecular flexibility index (Phi) is 5.57. The molecular weight excluding hydrogens is 417 g/mol. The molecule has 1 aromatic carbocycles. The fraction of sp³-hybridized carbons (Fsp3) is 0.316. The Morgan fingerprint density at radius 2 is 1.94 bits per heavy atom. The number of rotatable bonds is 5. The fourth-order valence-electron chi connectivity index (χ4n) is 3.10. The summed E-state index contributed by atoms with van der Waals surface area (Å²) >= 11 is 0. The van der Waals surface area contributed by atoms with Crippen molar-refractivity contribution in [1.82, 2.24) is 20.2 Å². The van der Waals surface area contributed by atoms with E-state index in [0.717, 1.165) is 6.07 Å². The molecule has 0 radical (unpaired) electrons. The number of fused-ring (bicyclic) bond motifs is 1. The lowest BCUT2D eigenvalue weighted by molar-refractivity contribution is -0.384. The van der Waals surface area contributed by atoms with Gasteiger partial charge in [0, 0.05) is 18.8 Å². The van der Waals surface area contributed by atoms with E-state index in [1.807, 2.05) is 13.8 Å². The number of hydrogen-bond donors (Lipinski definition) is 2. The van der Waals surface area contributed by atoms with E-state index < -0.39 is 28.3 Å². The molecule has 3 rings (SSSR count). The summed E-state index contributed by atoms with van der Waals surface area (Å²) in [6.45, 7) is 5.52. The van der Waals surface area contributed by atoms with Crippen LogP contribution in [0.2, 0.25) is 0 Å². The summed E-state index contributed by atoms with van der Waals surface area (Å²) in [6.07, 6.45) is -4.74. The normalized spacial score (nSPS) is 11.7. The highest BCUT2D eigenvalue weighted by Crippen LogP contribution is 2.34. The van der Waals surface area contributed by atoms with Crippen LogP contribution in [0.5, 0.6) is 0 Å². The van der Waals surface area contributed by atoms with Crippen molar-refractivity contribution in [1.29, 1.82) is 0 Å².